The number of hydrogen-bond donors (Lipinski definition) is 2. The van der Waals surface area contributed by atoms with Crippen LogP contribution in [0.3, 0.4) is 0 Å². The van der Waals surface area contributed by atoms with Crippen molar-refractivity contribution in [2.45, 2.75) is 207 Å². The predicted molar refractivity (Wildman–Crippen MR) is 384 cm³/mol. The van der Waals surface area contributed by atoms with E-state index in [9.17, 15) is 36.2 Å². The van der Waals surface area contributed by atoms with Gasteiger partial charge in [0.25, 0.3) is 0 Å². The maximum Gasteiger partial charge on any atom is 0.312 e. The molecule has 5 aromatic heterocycles. The Balaban J connectivity index is 0.000000180. The van der Waals surface area contributed by atoms with Crippen LogP contribution in [0, 0.1) is 40.1 Å². The van der Waals surface area contributed by atoms with Gasteiger partial charge in [-0.15, -0.1) is 0 Å². The highest BCUT2D eigenvalue weighted by molar-refractivity contribution is 7.97. The van der Waals surface area contributed by atoms with E-state index in [4.69, 9.17) is 64.7 Å². The fraction of sp³-hybridized carbons (Fsp3) is 0.514. The Morgan fingerprint density at radius 2 is 0.863 bits per heavy atom. The number of nitrogens with zero attached hydrogens (tertiary/aromatic N) is 13. The molecular weight excluding hydrogens is 1420 g/mol. The van der Waals surface area contributed by atoms with Crippen molar-refractivity contribution in [1.82, 2.24) is 24.9 Å². The smallest absolute Gasteiger partial charge is 0.312 e. The molecule has 0 amide bonds. The molecule has 544 valence electrons. The van der Waals surface area contributed by atoms with E-state index >= 15 is 8.78 Å². The number of aromatic nitrogens is 5. The van der Waals surface area contributed by atoms with Crippen LogP contribution in [0.1, 0.15) is 197 Å². The van der Waals surface area contributed by atoms with Gasteiger partial charge in [0.15, 0.2) is 11.6 Å². The number of nitrogens with two attached hydrogens (primary N) is 2. The molecule has 32 heteroatoms. The average molecular weight is 1500 g/mol. The molecule has 0 bridgehead atoms. The molecule has 11 heterocycles. The molecule has 0 radical (unpaired) electrons. The summed E-state index contributed by atoms with van der Waals surface area (Å²) in [5.74, 6) is -3.53. The van der Waals surface area contributed by atoms with E-state index < -0.39 is 128 Å². The lowest BCUT2D eigenvalue weighted by Gasteiger charge is -2.45. The van der Waals surface area contributed by atoms with E-state index in [-0.39, 0.29) is 98.4 Å². The number of pyridine rings is 5. The van der Waals surface area contributed by atoms with E-state index in [0.717, 1.165) is 0 Å². The van der Waals surface area contributed by atoms with Crippen molar-refractivity contribution in [1.29, 1.82) is 10.5 Å². The van der Waals surface area contributed by atoms with Crippen molar-refractivity contribution in [2.75, 3.05) is 25.4 Å². The van der Waals surface area contributed by atoms with Gasteiger partial charge in [0.2, 0.25) is 0 Å². The number of halogens is 5. The van der Waals surface area contributed by atoms with E-state index in [0.29, 0.717) is 50.3 Å². The number of ketones is 2. The second-order valence-corrected chi connectivity index (χ2v) is 39.3. The summed E-state index contributed by atoms with van der Waals surface area (Å²) in [7, 11) is -8.72. The van der Waals surface area contributed by atoms with E-state index in [1.807, 2.05) is 12.1 Å². The van der Waals surface area contributed by atoms with Gasteiger partial charge in [0, 0.05) is 54.8 Å². The number of aliphatic imine (C=N–C) groups is 3. The molecule has 102 heavy (non-hydrogen) atoms. The molecule has 0 aliphatic carbocycles. The summed E-state index contributed by atoms with van der Waals surface area (Å²) < 4.78 is 109. The summed E-state index contributed by atoms with van der Waals surface area (Å²) in [6.45, 7) is 27.2. The number of anilines is 1. The molecule has 24 nitrogen and oxygen atoms in total. The summed E-state index contributed by atoms with van der Waals surface area (Å²) in [5, 5.41) is 16.3. The van der Waals surface area contributed by atoms with Crippen molar-refractivity contribution >= 4 is 99.0 Å². The number of hydrogen-bond acceptors (Lipinski definition) is 24. The molecule has 6 aliphatic rings. The molecule has 0 fully saturated rings. The third kappa shape index (κ3) is 14.3. The monoisotopic (exact) mass is 1500 g/mol. The van der Waals surface area contributed by atoms with E-state index in [1.165, 1.54) is 60.9 Å². The Labute approximate surface area is 602 Å². The largest absolute Gasteiger partial charge is 0.460 e. The zero-order valence-electron chi connectivity index (χ0n) is 59.3. The summed E-state index contributed by atoms with van der Waals surface area (Å²) in [6, 6.07) is 14.3. The average Bonchev–Trinajstić information content (AvgIpc) is 1.36. The number of nitriles is 2. The van der Waals surface area contributed by atoms with E-state index in [2.05, 4.69) is 43.0 Å². The van der Waals surface area contributed by atoms with Gasteiger partial charge in [0.1, 0.15) is 102 Å². The summed E-state index contributed by atoms with van der Waals surface area (Å²) >= 11 is 12.3. The van der Waals surface area contributed by atoms with Crippen molar-refractivity contribution in [3.8, 4) is 12.1 Å². The number of carbonyl (C=O) groups excluding carboxylic acids is 4. The van der Waals surface area contributed by atoms with Crippen LogP contribution in [0.5, 0.6) is 0 Å². The molecule has 0 unspecified atom stereocenters. The lowest BCUT2D eigenvalue weighted by atomic mass is 9.88. The van der Waals surface area contributed by atoms with Gasteiger partial charge < -0.3 is 20.9 Å². The molecular formula is C70H82Cl2F3N15O9S3. The van der Waals surface area contributed by atoms with Gasteiger partial charge >= 0.3 is 11.9 Å². The topological polar surface area (TPSA) is 376 Å². The molecule has 9 atom stereocenters. The Morgan fingerprint density at radius 1 is 0.529 bits per heavy atom. The molecule has 4 N–H and O–H groups in total. The van der Waals surface area contributed by atoms with Gasteiger partial charge in [-0.1, -0.05) is 23.2 Å². The first kappa shape index (κ1) is 78.0. The van der Waals surface area contributed by atoms with Gasteiger partial charge in [0.05, 0.1) is 101 Å². The normalized spacial score (nSPS) is 27.7. The number of Topliss-reactive ketones (excluding diaryl/α,β-unsaturated/α-hetero) is 2. The van der Waals surface area contributed by atoms with Crippen LogP contribution in [0.2, 0.25) is 10.0 Å². The Hall–Kier alpha value is -8.16. The summed E-state index contributed by atoms with van der Waals surface area (Å²) in [6.07, 6.45) is 3.04. The van der Waals surface area contributed by atoms with E-state index in [1.54, 1.807) is 104 Å². The lowest BCUT2D eigenvalue weighted by molar-refractivity contribution is -0.154. The zero-order chi connectivity index (χ0) is 75.7. The van der Waals surface area contributed by atoms with Crippen molar-refractivity contribution in [3.63, 3.8) is 0 Å². The highest BCUT2D eigenvalue weighted by atomic mass is 35.5. The highest BCUT2D eigenvalue weighted by Gasteiger charge is 2.61. The third-order valence-electron chi connectivity index (χ3n) is 19.1. The molecule has 6 aliphatic heterocycles. The first-order chi connectivity index (χ1) is 47.2. The summed E-state index contributed by atoms with van der Waals surface area (Å²) in [4.78, 5) is 86.5. The minimum Gasteiger partial charge on any atom is -0.460 e. The number of amidine groups is 1. The SMILES string of the molecule is CC(C)(C)OC(=O)CC1=N[C@](C)(c2nc(CC(=O)c3ncc(C#N)cc3Cl)ccc2F)[C@H]2CCN=[S@@]2(=O)C1(C)C.CC(C)(C)OC(=O)CC1=N[C@](C)(c2nc(N)ccc2F)[C@H]2CCN=[S@@]2(=O)C1(C)C.CC1(C)C(N)=N[C@](C)(c2nc(CC(=O)c3ncc(C#N)cc3Cl)ccc2F)[C@H]2CCN=[S@]21=O. The van der Waals surface area contributed by atoms with Crippen LogP contribution in [0.4, 0.5) is 19.0 Å². The van der Waals surface area contributed by atoms with Crippen LogP contribution in [0.15, 0.2) is 89.0 Å². The fourth-order valence-corrected chi connectivity index (χ4v) is 23.9. The van der Waals surface area contributed by atoms with Crippen LogP contribution in [-0.2, 0) is 77.7 Å². The van der Waals surface area contributed by atoms with Gasteiger partial charge in [-0.05, 0) is 172 Å². The number of nitrogen functional groups attached to an aromatic ring is 1. The number of esters is 2. The maximum absolute atomic E-state index is 15.5. The number of carbonyl (C=O) groups is 4. The molecule has 0 spiro atoms. The fourth-order valence-electron chi connectivity index (χ4n) is 13.7. The minimum absolute atomic E-state index is 0.00570. The zero-order valence-corrected chi connectivity index (χ0v) is 63.3. The van der Waals surface area contributed by atoms with Crippen LogP contribution in [-0.4, -0.2) is 139 Å². The van der Waals surface area contributed by atoms with Crippen LogP contribution < -0.4 is 11.5 Å². The molecule has 5 aromatic rings. The first-order valence-corrected chi connectivity index (χ1v) is 38.2. The standard InChI is InChI=1S/C28H31ClFN5O4S.C22H22ClFN6O2S.C20H29FN4O3S/c1-26(2,3)39-23(37)13-21-27(4,5)40(38)22(9-10-33-40)28(6,35-21)25-19(30)8-7-17(34-25)12-20(36)24-18(29)11-16(14-31)15-32-24;1-21(2)20(26)30-22(3,17-6-7-28-33(17,21)32)19-15(24)5-4-13(29-19)9-16(31)18-14(23)8-12(10-25)11-27-18;1-18(2,3)28-16(26)11-13-19(4,5)29(27)14(9-10-23-29)20(6,25-13)17-12(21)7-8-15(22)24-17/h7-8,11,15,22H,9-10,12-13H2,1-6H3;4-5,8,11,17H,6-7,9H2,1-3H3,(H2,26,30);7-8,14H,9-11H2,1-6H3,(H2,22,24)/t22-,28+,40+;17-,22+,33+;14-,20+,29+/m111/s1. The summed E-state index contributed by atoms with van der Waals surface area (Å²) in [5.41, 5.74) is 8.17. The van der Waals surface area contributed by atoms with Gasteiger partial charge in [-0.3, -0.25) is 54.1 Å². The van der Waals surface area contributed by atoms with Crippen LogP contribution >= 0.6 is 23.2 Å². The second kappa shape index (κ2) is 27.8. The lowest BCUT2D eigenvalue weighted by Crippen LogP contribution is -2.58. The number of fused-ring (bicyclic) bond motifs is 3. The maximum atomic E-state index is 15.5. The third-order valence-corrected chi connectivity index (χ3v) is 30.8. The van der Waals surface area contributed by atoms with Gasteiger partial charge in [-0.25, -0.2) is 43.9 Å². The van der Waals surface area contributed by atoms with Gasteiger partial charge in [-0.2, -0.15) is 10.5 Å². The second-order valence-electron chi connectivity index (χ2n) is 29.6. The quantitative estimate of drug-likeness (QED) is 0.0816. The molecule has 0 aromatic carbocycles. The van der Waals surface area contributed by atoms with Crippen molar-refractivity contribution < 1.29 is 54.4 Å². The van der Waals surface area contributed by atoms with Crippen molar-refractivity contribution in [2.24, 2.45) is 33.8 Å². The molecule has 11 rings (SSSR count). The molecule has 0 saturated carbocycles. The van der Waals surface area contributed by atoms with Crippen LogP contribution in [0.25, 0.3) is 0 Å². The Kier molecular flexibility index (Phi) is 21.3. The Bertz CT molecular complexity index is 4940. The van der Waals surface area contributed by atoms with Crippen molar-refractivity contribution in [3.05, 3.63) is 139 Å². The highest BCUT2D eigenvalue weighted by Crippen LogP contribution is 2.52. The number of ether oxygens (including phenoxy) is 2. The molecule has 0 saturated heterocycles. The predicted octanol–water partition coefficient (Wildman–Crippen LogP) is 11.4. The number of rotatable bonds is 13. The Morgan fingerprint density at radius 3 is 1.21 bits per heavy atom. The first-order valence-electron chi connectivity index (χ1n) is 32.7. The minimum atomic E-state index is -3.02.